The highest BCUT2D eigenvalue weighted by Gasteiger charge is 2.51. The molecular weight excluding hydrogens is 224 g/mol. The standard InChI is InChI=1S/C11H20F4O/c1-4-9(2)5-7-16-8-6-10(3,12)11(13,14)15/h9H,4-8H2,1-3H3. The summed E-state index contributed by atoms with van der Waals surface area (Å²) in [5.41, 5.74) is -3.15. The Morgan fingerprint density at radius 1 is 1.12 bits per heavy atom. The van der Waals surface area contributed by atoms with Gasteiger partial charge in [-0.3, -0.25) is 0 Å². The van der Waals surface area contributed by atoms with Crippen LogP contribution in [0.4, 0.5) is 17.6 Å². The van der Waals surface area contributed by atoms with Gasteiger partial charge in [0, 0.05) is 19.6 Å². The summed E-state index contributed by atoms with van der Waals surface area (Å²) in [5, 5.41) is 0. The third kappa shape index (κ3) is 5.68. The summed E-state index contributed by atoms with van der Waals surface area (Å²) in [5.74, 6) is 0.486. The van der Waals surface area contributed by atoms with Gasteiger partial charge in [-0.05, 0) is 19.3 Å². The quantitative estimate of drug-likeness (QED) is 0.483. The molecule has 0 aromatic carbocycles. The van der Waals surface area contributed by atoms with Crippen molar-refractivity contribution in [1.29, 1.82) is 0 Å². The predicted octanol–water partition coefficient (Wildman–Crippen LogP) is 4.12. The van der Waals surface area contributed by atoms with Crippen molar-refractivity contribution in [2.45, 2.75) is 51.9 Å². The third-order valence-corrected chi connectivity index (χ3v) is 2.76. The van der Waals surface area contributed by atoms with Crippen LogP contribution in [-0.2, 0) is 4.74 Å². The van der Waals surface area contributed by atoms with Crippen molar-refractivity contribution < 1.29 is 22.3 Å². The van der Waals surface area contributed by atoms with Gasteiger partial charge in [0.1, 0.15) is 0 Å². The Morgan fingerprint density at radius 2 is 1.69 bits per heavy atom. The molecule has 1 nitrogen and oxygen atoms in total. The van der Waals surface area contributed by atoms with Crippen LogP contribution in [-0.4, -0.2) is 25.1 Å². The third-order valence-electron chi connectivity index (χ3n) is 2.76. The normalized spacial score (nSPS) is 18.2. The molecule has 0 saturated heterocycles. The van der Waals surface area contributed by atoms with Crippen LogP contribution < -0.4 is 0 Å². The van der Waals surface area contributed by atoms with Crippen LogP contribution in [0.1, 0.15) is 40.0 Å². The molecular formula is C11H20F4O. The van der Waals surface area contributed by atoms with E-state index in [9.17, 15) is 17.6 Å². The lowest BCUT2D eigenvalue weighted by Gasteiger charge is -2.23. The first-order valence-electron chi connectivity index (χ1n) is 5.54. The van der Waals surface area contributed by atoms with Crippen molar-refractivity contribution >= 4 is 0 Å². The average molecular weight is 244 g/mol. The number of hydrogen-bond donors (Lipinski definition) is 0. The van der Waals surface area contributed by atoms with Crippen molar-refractivity contribution in [3.63, 3.8) is 0 Å². The molecule has 0 aliphatic heterocycles. The van der Waals surface area contributed by atoms with Crippen molar-refractivity contribution in [1.82, 2.24) is 0 Å². The number of ether oxygens (including phenoxy) is 1. The maximum Gasteiger partial charge on any atom is 0.422 e. The van der Waals surface area contributed by atoms with Crippen molar-refractivity contribution in [3.05, 3.63) is 0 Å². The molecule has 0 aromatic heterocycles. The Kier molecular flexibility index (Phi) is 6.30. The second-order valence-corrected chi connectivity index (χ2v) is 4.36. The molecule has 0 N–H and O–H groups in total. The summed E-state index contributed by atoms with van der Waals surface area (Å²) in [6, 6.07) is 0. The monoisotopic (exact) mass is 244 g/mol. The highest BCUT2D eigenvalue weighted by atomic mass is 19.4. The molecule has 0 rings (SSSR count). The second kappa shape index (κ2) is 6.42. The Labute approximate surface area is 94.2 Å². The van der Waals surface area contributed by atoms with Crippen molar-refractivity contribution in [3.8, 4) is 0 Å². The van der Waals surface area contributed by atoms with E-state index >= 15 is 0 Å². The summed E-state index contributed by atoms with van der Waals surface area (Å²) in [6.07, 6.45) is -3.65. The van der Waals surface area contributed by atoms with Crippen molar-refractivity contribution in [2.24, 2.45) is 5.92 Å². The van der Waals surface area contributed by atoms with Crippen LogP contribution in [0, 0.1) is 5.92 Å². The highest BCUT2D eigenvalue weighted by Crippen LogP contribution is 2.36. The van der Waals surface area contributed by atoms with E-state index in [4.69, 9.17) is 4.74 Å². The topological polar surface area (TPSA) is 9.23 Å². The van der Waals surface area contributed by atoms with E-state index in [1.807, 2.05) is 13.8 Å². The Hall–Kier alpha value is -0.320. The smallest absolute Gasteiger partial charge is 0.381 e. The van der Waals surface area contributed by atoms with E-state index in [0.29, 0.717) is 19.4 Å². The molecule has 0 aliphatic rings. The Bertz CT molecular complexity index is 189. The zero-order chi connectivity index (χ0) is 12.8. The minimum atomic E-state index is -4.81. The summed E-state index contributed by atoms with van der Waals surface area (Å²) in [6.45, 7) is 4.82. The van der Waals surface area contributed by atoms with E-state index in [1.165, 1.54) is 0 Å². The fourth-order valence-corrected chi connectivity index (χ4v) is 0.996. The summed E-state index contributed by atoms with van der Waals surface area (Å²) in [4.78, 5) is 0. The maximum atomic E-state index is 13.0. The van der Waals surface area contributed by atoms with E-state index in [1.54, 1.807) is 0 Å². The molecule has 0 fully saturated rings. The first-order valence-corrected chi connectivity index (χ1v) is 5.54. The second-order valence-electron chi connectivity index (χ2n) is 4.36. The molecule has 5 heteroatoms. The van der Waals surface area contributed by atoms with Gasteiger partial charge in [0.2, 0.25) is 5.67 Å². The summed E-state index contributed by atoms with van der Waals surface area (Å²) in [7, 11) is 0. The number of halogens is 4. The van der Waals surface area contributed by atoms with E-state index < -0.39 is 18.3 Å². The van der Waals surface area contributed by atoms with Gasteiger partial charge in [0.05, 0.1) is 0 Å². The molecule has 98 valence electrons. The molecule has 0 spiro atoms. The lowest BCUT2D eigenvalue weighted by Crippen LogP contribution is -2.38. The van der Waals surface area contributed by atoms with Gasteiger partial charge < -0.3 is 4.74 Å². The van der Waals surface area contributed by atoms with Gasteiger partial charge in [-0.1, -0.05) is 20.3 Å². The molecule has 0 amide bonds. The molecule has 0 radical (unpaired) electrons. The molecule has 2 unspecified atom stereocenters. The zero-order valence-electron chi connectivity index (χ0n) is 10.0. The molecule has 0 aromatic rings. The maximum absolute atomic E-state index is 13.0. The number of alkyl halides is 4. The van der Waals surface area contributed by atoms with E-state index in [2.05, 4.69) is 0 Å². The molecule has 0 heterocycles. The summed E-state index contributed by atoms with van der Waals surface area (Å²) < 4.78 is 54.3. The SMILES string of the molecule is CCC(C)CCOCCC(C)(F)C(F)(F)F. The van der Waals surface area contributed by atoms with Crippen LogP contribution in [0.5, 0.6) is 0 Å². The lowest BCUT2D eigenvalue weighted by atomic mass is 10.0. The fraction of sp³-hybridized carbons (Fsp3) is 1.00. The Morgan fingerprint density at radius 3 is 2.12 bits per heavy atom. The molecule has 0 saturated carbocycles. The minimum Gasteiger partial charge on any atom is -0.381 e. The van der Waals surface area contributed by atoms with Crippen LogP contribution in [0.25, 0.3) is 0 Å². The molecule has 0 aliphatic carbocycles. The van der Waals surface area contributed by atoms with E-state index in [-0.39, 0.29) is 6.61 Å². The minimum absolute atomic E-state index is 0.192. The fourth-order valence-electron chi connectivity index (χ4n) is 0.996. The highest BCUT2D eigenvalue weighted by molar-refractivity contribution is 4.81. The van der Waals surface area contributed by atoms with Crippen molar-refractivity contribution in [2.75, 3.05) is 13.2 Å². The van der Waals surface area contributed by atoms with Gasteiger partial charge in [-0.15, -0.1) is 0 Å². The van der Waals surface area contributed by atoms with Crippen LogP contribution >= 0.6 is 0 Å². The van der Waals surface area contributed by atoms with Gasteiger partial charge in [0.25, 0.3) is 0 Å². The first kappa shape index (κ1) is 15.7. The largest absolute Gasteiger partial charge is 0.422 e. The molecule has 16 heavy (non-hydrogen) atoms. The van der Waals surface area contributed by atoms with E-state index in [0.717, 1.165) is 12.8 Å². The molecule has 0 bridgehead atoms. The van der Waals surface area contributed by atoms with Gasteiger partial charge in [0.15, 0.2) is 0 Å². The van der Waals surface area contributed by atoms with Crippen LogP contribution in [0.2, 0.25) is 0 Å². The molecule has 2 atom stereocenters. The lowest BCUT2D eigenvalue weighted by molar-refractivity contribution is -0.228. The Balaban J connectivity index is 3.67. The number of rotatable bonds is 7. The van der Waals surface area contributed by atoms with Crippen LogP contribution in [0.3, 0.4) is 0 Å². The number of hydrogen-bond acceptors (Lipinski definition) is 1. The van der Waals surface area contributed by atoms with Gasteiger partial charge in [-0.25, -0.2) is 4.39 Å². The zero-order valence-corrected chi connectivity index (χ0v) is 10.0. The van der Waals surface area contributed by atoms with Crippen LogP contribution in [0.15, 0.2) is 0 Å². The summed E-state index contributed by atoms with van der Waals surface area (Å²) >= 11 is 0. The van der Waals surface area contributed by atoms with Gasteiger partial charge in [-0.2, -0.15) is 13.2 Å². The average Bonchev–Trinajstić information content (AvgIpc) is 2.15. The van der Waals surface area contributed by atoms with Gasteiger partial charge >= 0.3 is 6.18 Å². The first-order chi connectivity index (χ1) is 7.20. The predicted molar refractivity (Wildman–Crippen MR) is 55.1 cm³/mol.